The van der Waals surface area contributed by atoms with Crippen LogP contribution in [0, 0.1) is 0 Å². The van der Waals surface area contributed by atoms with Gasteiger partial charge in [0.25, 0.3) is 0 Å². The van der Waals surface area contributed by atoms with Gasteiger partial charge >= 0.3 is 12.1 Å². The number of pyridine rings is 2. The Morgan fingerprint density at radius 2 is 1.45 bits per heavy atom. The SMILES string of the molecule is FC(F)(F)c1nc(-c2ccc(CN(c3ccccn3)c3ccccn3)cc2)no1. The Labute approximate surface area is 163 Å². The Morgan fingerprint density at radius 1 is 0.828 bits per heavy atom. The number of hydrogen-bond donors (Lipinski definition) is 0. The normalized spacial score (nSPS) is 11.4. The van der Waals surface area contributed by atoms with E-state index in [9.17, 15) is 13.2 Å². The van der Waals surface area contributed by atoms with Crippen molar-refractivity contribution in [1.82, 2.24) is 20.1 Å². The number of rotatable bonds is 5. The van der Waals surface area contributed by atoms with Crippen molar-refractivity contribution >= 4 is 11.6 Å². The van der Waals surface area contributed by atoms with E-state index < -0.39 is 12.1 Å². The second kappa shape index (κ2) is 7.70. The summed E-state index contributed by atoms with van der Waals surface area (Å²) < 4.78 is 42.2. The fourth-order valence-corrected chi connectivity index (χ4v) is 2.70. The van der Waals surface area contributed by atoms with Crippen LogP contribution in [0.3, 0.4) is 0 Å². The minimum atomic E-state index is -4.67. The van der Waals surface area contributed by atoms with E-state index in [2.05, 4.69) is 24.6 Å². The molecule has 0 atom stereocenters. The molecule has 0 aliphatic rings. The van der Waals surface area contributed by atoms with Crippen LogP contribution >= 0.6 is 0 Å². The summed E-state index contributed by atoms with van der Waals surface area (Å²) in [5.74, 6) is -0.0326. The lowest BCUT2D eigenvalue weighted by atomic mass is 10.1. The smallest absolute Gasteiger partial charge is 0.329 e. The lowest BCUT2D eigenvalue weighted by molar-refractivity contribution is -0.159. The molecule has 0 amide bonds. The molecule has 4 rings (SSSR count). The summed E-state index contributed by atoms with van der Waals surface area (Å²) in [5, 5.41) is 3.40. The predicted molar refractivity (Wildman–Crippen MR) is 99.1 cm³/mol. The van der Waals surface area contributed by atoms with Crippen LogP contribution < -0.4 is 4.90 Å². The molecule has 6 nitrogen and oxygen atoms in total. The fraction of sp³-hybridized carbons (Fsp3) is 0.100. The van der Waals surface area contributed by atoms with Gasteiger partial charge in [-0.05, 0) is 29.8 Å². The second-order valence-electron chi connectivity index (χ2n) is 6.08. The first-order chi connectivity index (χ1) is 14.0. The summed E-state index contributed by atoms with van der Waals surface area (Å²) in [6, 6.07) is 18.1. The number of aromatic nitrogens is 4. The number of nitrogens with zero attached hydrogens (tertiary/aromatic N) is 5. The molecule has 0 fully saturated rings. The van der Waals surface area contributed by atoms with Crippen molar-refractivity contribution in [2.45, 2.75) is 12.7 Å². The molecule has 4 aromatic rings. The molecular weight excluding hydrogens is 383 g/mol. The number of anilines is 2. The van der Waals surface area contributed by atoms with Crippen molar-refractivity contribution < 1.29 is 17.7 Å². The molecule has 0 bridgehead atoms. The highest BCUT2D eigenvalue weighted by Gasteiger charge is 2.38. The van der Waals surface area contributed by atoms with E-state index in [0.29, 0.717) is 12.1 Å². The largest absolute Gasteiger partial charge is 0.471 e. The van der Waals surface area contributed by atoms with E-state index >= 15 is 0 Å². The van der Waals surface area contributed by atoms with Gasteiger partial charge in [-0.15, -0.1) is 0 Å². The van der Waals surface area contributed by atoms with Crippen molar-refractivity contribution in [1.29, 1.82) is 0 Å². The van der Waals surface area contributed by atoms with Crippen LogP contribution in [0.5, 0.6) is 0 Å². The fourth-order valence-electron chi connectivity index (χ4n) is 2.70. The van der Waals surface area contributed by atoms with Crippen LogP contribution in [-0.2, 0) is 12.7 Å². The maximum Gasteiger partial charge on any atom is 0.471 e. The molecule has 0 spiro atoms. The molecule has 0 saturated carbocycles. The number of halogens is 3. The molecule has 146 valence electrons. The molecule has 3 aromatic heterocycles. The molecule has 0 N–H and O–H groups in total. The van der Waals surface area contributed by atoms with E-state index in [0.717, 1.165) is 17.2 Å². The van der Waals surface area contributed by atoms with Crippen LogP contribution in [0.25, 0.3) is 11.4 Å². The minimum absolute atomic E-state index is 0.116. The first-order valence-corrected chi connectivity index (χ1v) is 8.60. The van der Waals surface area contributed by atoms with Crippen molar-refractivity contribution in [3.63, 3.8) is 0 Å². The Morgan fingerprint density at radius 3 is 1.93 bits per heavy atom. The quantitative estimate of drug-likeness (QED) is 0.478. The van der Waals surface area contributed by atoms with Crippen molar-refractivity contribution in [2.75, 3.05) is 4.90 Å². The third kappa shape index (κ3) is 4.23. The summed E-state index contributed by atoms with van der Waals surface area (Å²) in [7, 11) is 0. The average molecular weight is 397 g/mol. The van der Waals surface area contributed by atoms with Gasteiger partial charge in [0.2, 0.25) is 5.82 Å². The Hall–Kier alpha value is -3.75. The maximum absolute atomic E-state index is 12.6. The third-order valence-corrected chi connectivity index (χ3v) is 4.07. The molecule has 1 aromatic carbocycles. The molecule has 29 heavy (non-hydrogen) atoms. The van der Waals surface area contributed by atoms with E-state index in [1.807, 2.05) is 41.3 Å². The van der Waals surface area contributed by atoms with Crippen molar-refractivity contribution in [2.24, 2.45) is 0 Å². The van der Waals surface area contributed by atoms with Crippen LogP contribution in [-0.4, -0.2) is 20.1 Å². The lowest BCUT2D eigenvalue weighted by Gasteiger charge is -2.22. The third-order valence-electron chi connectivity index (χ3n) is 4.07. The summed E-state index contributed by atoms with van der Waals surface area (Å²) in [6.07, 6.45) is -1.28. The van der Waals surface area contributed by atoms with Crippen LogP contribution in [0.2, 0.25) is 0 Å². The van der Waals surface area contributed by atoms with Gasteiger partial charge in [-0.2, -0.15) is 18.2 Å². The van der Waals surface area contributed by atoms with Crippen molar-refractivity contribution in [3.05, 3.63) is 84.5 Å². The van der Waals surface area contributed by atoms with Gasteiger partial charge in [-0.3, -0.25) is 0 Å². The topological polar surface area (TPSA) is 67.9 Å². The number of benzene rings is 1. The molecule has 0 aliphatic heterocycles. The van der Waals surface area contributed by atoms with Gasteiger partial charge in [-0.1, -0.05) is 41.6 Å². The highest BCUT2D eigenvalue weighted by molar-refractivity contribution is 5.58. The highest BCUT2D eigenvalue weighted by Crippen LogP contribution is 2.30. The zero-order chi connectivity index (χ0) is 20.3. The Balaban J connectivity index is 1.58. The molecule has 0 aliphatic carbocycles. The lowest BCUT2D eigenvalue weighted by Crippen LogP contribution is -2.18. The zero-order valence-corrected chi connectivity index (χ0v) is 14.9. The standard InChI is InChI=1S/C20H14F3N5O/c21-20(22,23)19-26-18(27-29-19)15-9-7-14(8-10-15)13-28(16-5-1-3-11-24-16)17-6-2-4-12-25-17/h1-12H,13H2. The van der Waals surface area contributed by atoms with E-state index in [1.54, 1.807) is 36.7 Å². The van der Waals surface area contributed by atoms with Gasteiger partial charge in [-0.25, -0.2) is 9.97 Å². The van der Waals surface area contributed by atoms with Gasteiger partial charge in [0, 0.05) is 18.0 Å². The Bertz CT molecular complexity index is 1030. The average Bonchev–Trinajstić information content (AvgIpc) is 3.25. The Kier molecular flexibility index (Phi) is 4.94. The molecule has 0 saturated heterocycles. The van der Waals surface area contributed by atoms with Crippen molar-refractivity contribution in [3.8, 4) is 11.4 Å². The predicted octanol–water partition coefficient (Wildman–Crippen LogP) is 4.88. The van der Waals surface area contributed by atoms with Crippen LogP contribution in [0.1, 0.15) is 11.5 Å². The molecule has 0 unspecified atom stereocenters. The van der Waals surface area contributed by atoms with Gasteiger partial charge in [0.05, 0.1) is 6.54 Å². The minimum Gasteiger partial charge on any atom is -0.329 e. The summed E-state index contributed by atoms with van der Waals surface area (Å²) in [5.41, 5.74) is 1.33. The molecule has 0 radical (unpaired) electrons. The first-order valence-electron chi connectivity index (χ1n) is 8.60. The summed E-state index contributed by atoms with van der Waals surface area (Å²) >= 11 is 0. The zero-order valence-electron chi connectivity index (χ0n) is 14.9. The number of hydrogen-bond acceptors (Lipinski definition) is 6. The van der Waals surface area contributed by atoms with Gasteiger partial charge in [0.1, 0.15) is 11.6 Å². The van der Waals surface area contributed by atoms with Crippen LogP contribution in [0.15, 0.2) is 77.6 Å². The van der Waals surface area contributed by atoms with E-state index in [1.165, 1.54) is 0 Å². The van der Waals surface area contributed by atoms with Crippen LogP contribution in [0.4, 0.5) is 24.8 Å². The number of alkyl halides is 3. The molecule has 9 heteroatoms. The van der Waals surface area contributed by atoms with Gasteiger partial charge in [0.15, 0.2) is 0 Å². The highest BCUT2D eigenvalue weighted by atomic mass is 19.4. The first kappa shape index (κ1) is 18.6. The van der Waals surface area contributed by atoms with E-state index in [-0.39, 0.29) is 5.82 Å². The maximum atomic E-state index is 12.6. The molecule has 3 heterocycles. The van der Waals surface area contributed by atoms with Gasteiger partial charge < -0.3 is 9.42 Å². The second-order valence-corrected chi connectivity index (χ2v) is 6.08. The van der Waals surface area contributed by atoms with E-state index in [4.69, 9.17) is 0 Å². The summed E-state index contributed by atoms with van der Waals surface area (Å²) in [4.78, 5) is 14.1. The summed E-state index contributed by atoms with van der Waals surface area (Å²) in [6.45, 7) is 0.467. The monoisotopic (exact) mass is 397 g/mol. The molecular formula is C20H14F3N5O.